The molecule has 1 aliphatic heterocycles. The number of nitrogens with zero attached hydrogens (tertiary/aromatic N) is 2. The van der Waals surface area contributed by atoms with Gasteiger partial charge in [0.15, 0.2) is 0 Å². The Hall–Kier alpha value is -0.420. The molecule has 3 nitrogen and oxygen atoms in total. The summed E-state index contributed by atoms with van der Waals surface area (Å²) in [6.45, 7) is 6.77. The summed E-state index contributed by atoms with van der Waals surface area (Å²) in [5.74, 6) is 0. The number of halogens is 1. The van der Waals surface area contributed by atoms with Gasteiger partial charge < -0.3 is 15.1 Å². The first-order valence-electron chi connectivity index (χ1n) is 7.95. The molecule has 0 aliphatic carbocycles. The van der Waals surface area contributed by atoms with Crippen LogP contribution in [0.25, 0.3) is 0 Å². The number of hydrogen-bond acceptors (Lipinski definition) is 3. The van der Waals surface area contributed by atoms with E-state index in [1.165, 1.54) is 36.1 Å². The predicted molar refractivity (Wildman–Crippen MR) is 93.8 cm³/mol. The third kappa shape index (κ3) is 5.37. The van der Waals surface area contributed by atoms with E-state index in [-0.39, 0.29) is 0 Å². The maximum Gasteiger partial charge on any atom is 0.0235 e. The Morgan fingerprint density at radius 3 is 2.86 bits per heavy atom. The van der Waals surface area contributed by atoms with E-state index in [1.807, 2.05) is 0 Å². The van der Waals surface area contributed by atoms with Crippen LogP contribution in [-0.4, -0.2) is 62.2 Å². The molecule has 1 heterocycles. The SMILES string of the molecule is CCNC(Cc1cccc(Br)c1)CC1CN(C)CCN1C. The van der Waals surface area contributed by atoms with Gasteiger partial charge in [0.1, 0.15) is 0 Å². The Kier molecular flexibility index (Phi) is 6.68. The van der Waals surface area contributed by atoms with E-state index in [0.717, 1.165) is 13.0 Å². The zero-order valence-corrected chi connectivity index (χ0v) is 15.1. The molecule has 2 rings (SSSR count). The first-order valence-corrected chi connectivity index (χ1v) is 8.74. The average molecular weight is 354 g/mol. The first-order chi connectivity index (χ1) is 10.1. The van der Waals surface area contributed by atoms with Gasteiger partial charge in [-0.05, 0) is 51.2 Å². The van der Waals surface area contributed by atoms with Crippen LogP contribution in [-0.2, 0) is 6.42 Å². The van der Waals surface area contributed by atoms with Crippen LogP contribution in [0.5, 0.6) is 0 Å². The normalized spacial score (nSPS) is 22.4. The van der Waals surface area contributed by atoms with Gasteiger partial charge >= 0.3 is 0 Å². The van der Waals surface area contributed by atoms with E-state index in [2.05, 4.69) is 76.3 Å². The molecular formula is C17H28BrN3. The highest BCUT2D eigenvalue weighted by Crippen LogP contribution is 2.17. The van der Waals surface area contributed by atoms with Gasteiger partial charge in [0.25, 0.3) is 0 Å². The molecule has 1 N–H and O–H groups in total. The van der Waals surface area contributed by atoms with Crippen molar-refractivity contribution >= 4 is 15.9 Å². The average Bonchev–Trinajstić information content (AvgIpc) is 2.43. The number of benzene rings is 1. The van der Waals surface area contributed by atoms with Crippen molar-refractivity contribution in [3.63, 3.8) is 0 Å². The second-order valence-electron chi connectivity index (χ2n) is 6.22. The quantitative estimate of drug-likeness (QED) is 0.847. The Balaban J connectivity index is 1.98. The van der Waals surface area contributed by atoms with Gasteiger partial charge in [0, 0.05) is 36.2 Å². The van der Waals surface area contributed by atoms with Crippen molar-refractivity contribution in [2.45, 2.75) is 31.8 Å². The molecule has 0 aromatic heterocycles. The summed E-state index contributed by atoms with van der Waals surface area (Å²) < 4.78 is 1.17. The smallest absolute Gasteiger partial charge is 0.0235 e. The van der Waals surface area contributed by atoms with Crippen LogP contribution in [0.15, 0.2) is 28.7 Å². The molecule has 0 saturated carbocycles. The molecule has 0 radical (unpaired) electrons. The molecule has 1 aliphatic rings. The van der Waals surface area contributed by atoms with Crippen molar-refractivity contribution in [1.29, 1.82) is 0 Å². The van der Waals surface area contributed by atoms with Gasteiger partial charge in [0.2, 0.25) is 0 Å². The minimum absolute atomic E-state index is 0.545. The highest BCUT2D eigenvalue weighted by atomic mass is 79.9. The number of hydrogen-bond donors (Lipinski definition) is 1. The molecule has 1 saturated heterocycles. The summed E-state index contributed by atoms with van der Waals surface area (Å²) >= 11 is 3.57. The summed E-state index contributed by atoms with van der Waals surface area (Å²) in [5, 5.41) is 3.67. The fourth-order valence-electron chi connectivity index (χ4n) is 3.16. The van der Waals surface area contributed by atoms with Crippen molar-refractivity contribution in [1.82, 2.24) is 15.1 Å². The Morgan fingerprint density at radius 1 is 1.33 bits per heavy atom. The fraction of sp³-hybridized carbons (Fsp3) is 0.647. The highest BCUT2D eigenvalue weighted by Gasteiger charge is 2.25. The standard InChI is InChI=1S/C17H28BrN3/c1-4-19-16(11-14-6-5-7-15(18)10-14)12-17-13-20(2)8-9-21(17)3/h5-7,10,16-17,19H,4,8-9,11-13H2,1-3H3. The predicted octanol–water partition coefficient (Wildman–Crippen LogP) is 2.61. The Labute approximate surface area is 137 Å². The lowest BCUT2D eigenvalue weighted by Gasteiger charge is -2.39. The van der Waals surface area contributed by atoms with Crippen molar-refractivity contribution < 1.29 is 0 Å². The number of likely N-dealkylation sites (N-methyl/N-ethyl adjacent to an activating group) is 3. The molecule has 1 aromatic carbocycles. The summed E-state index contributed by atoms with van der Waals surface area (Å²) in [5.41, 5.74) is 1.40. The summed E-state index contributed by atoms with van der Waals surface area (Å²) in [7, 11) is 4.50. The molecule has 118 valence electrons. The van der Waals surface area contributed by atoms with E-state index in [1.54, 1.807) is 0 Å². The Bertz CT molecular complexity index is 438. The van der Waals surface area contributed by atoms with Gasteiger partial charge in [-0.3, -0.25) is 0 Å². The molecular weight excluding hydrogens is 326 g/mol. The van der Waals surface area contributed by atoms with Crippen molar-refractivity contribution in [3.05, 3.63) is 34.3 Å². The number of nitrogens with one attached hydrogen (secondary N) is 1. The zero-order chi connectivity index (χ0) is 15.2. The third-order valence-electron chi connectivity index (χ3n) is 4.40. The minimum Gasteiger partial charge on any atom is -0.314 e. The van der Waals surface area contributed by atoms with Gasteiger partial charge in [-0.25, -0.2) is 0 Å². The number of rotatable bonds is 6. The van der Waals surface area contributed by atoms with Crippen LogP contribution in [0, 0.1) is 0 Å². The maximum atomic E-state index is 3.67. The van der Waals surface area contributed by atoms with Crippen LogP contribution in [0.3, 0.4) is 0 Å². The molecule has 0 bridgehead atoms. The van der Waals surface area contributed by atoms with Gasteiger partial charge in [-0.2, -0.15) is 0 Å². The summed E-state index contributed by atoms with van der Waals surface area (Å²) in [6.07, 6.45) is 2.31. The lowest BCUT2D eigenvalue weighted by Crippen LogP contribution is -2.52. The fourth-order valence-corrected chi connectivity index (χ4v) is 3.61. The topological polar surface area (TPSA) is 18.5 Å². The number of piperazine rings is 1. The lowest BCUT2D eigenvalue weighted by atomic mass is 9.97. The lowest BCUT2D eigenvalue weighted by molar-refractivity contribution is 0.101. The molecule has 2 unspecified atom stereocenters. The Morgan fingerprint density at radius 2 is 2.14 bits per heavy atom. The molecule has 0 spiro atoms. The van der Waals surface area contributed by atoms with Crippen LogP contribution >= 0.6 is 15.9 Å². The largest absolute Gasteiger partial charge is 0.314 e. The summed E-state index contributed by atoms with van der Waals surface area (Å²) in [6, 6.07) is 9.88. The van der Waals surface area contributed by atoms with E-state index in [0.29, 0.717) is 12.1 Å². The molecule has 1 aromatic rings. The monoisotopic (exact) mass is 353 g/mol. The maximum absolute atomic E-state index is 3.67. The summed E-state index contributed by atoms with van der Waals surface area (Å²) in [4.78, 5) is 4.97. The minimum atomic E-state index is 0.545. The van der Waals surface area contributed by atoms with Crippen LogP contribution < -0.4 is 5.32 Å². The molecule has 4 heteroatoms. The van der Waals surface area contributed by atoms with E-state index >= 15 is 0 Å². The zero-order valence-electron chi connectivity index (χ0n) is 13.5. The van der Waals surface area contributed by atoms with E-state index in [9.17, 15) is 0 Å². The first kappa shape index (κ1) is 16.9. The van der Waals surface area contributed by atoms with Crippen LogP contribution in [0.2, 0.25) is 0 Å². The molecule has 21 heavy (non-hydrogen) atoms. The van der Waals surface area contributed by atoms with Crippen molar-refractivity contribution in [2.24, 2.45) is 0 Å². The third-order valence-corrected chi connectivity index (χ3v) is 4.89. The molecule has 1 fully saturated rings. The van der Waals surface area contributed by atoms with Crippen LogP contribution in [0.4, 0.5) is 0 Å². The second kappa shape index (κ2) is 8.28. The van der Waals surface area contributed by atoms with E-state index in [4.69, 9.17) is 0 Å². The second-order valence-corrected chi connectivity index (χ2v) is 7.14. The van der Waals surface area contributed by atoms with Gasteiger partial charge in [0.05, 0.1) is 0 Å². The van der Waals surface area contributed by atoms with E-state index < -0.39 is 0 Å². The highest BCUT2D eigenvalue weighted by molar-refractivity contribution is 9.10. The van der Waals surface area contributed by atoms with Crippen molar-refractivity contribution in [2.75, 3.05) is 40.3 Å². The van der Waals surface area contributed by atoms with Crippen LogP contribution in [0.1, 0.15) is 18.9 Å². The van der Waals surface area contributed by atoms with Crippen molar-refractivity contribution in [3.8, 4) is 0 Å². The molecule has 2 atom stereocenters. The van der Waals surface area contributed by atoms with Gasteiger partial charge in [-0.1, -0.05) is 35.0 Å². The molecule has 0 amide bonds. The van der Waals surface area contributed by atoms with Gasteiger partial charge in [-0.15, -0.1) is 0 Å².